The van der Waals surface area contributed by atoms with Crippen LogP contribution in [0.15, 0.2) is 146 Å². The van der Waals surface area contributed by atoms with Gasteiger partial charge in [-0.3, -0.25) is 0 Å². The summed E-state index contributed by atoms with van der Waals surface area (Å²) in [5.74, 6) is 0. The minimum absolute atomic E-state index is 0.690. The van der Waals surface area contributed by atoms with E-state index in [1.165, 1.54) is 0 Å². The first-order valence-corrected chi connectivity index (χ1v) is 17.6. The minimum Gasteiger partial charge on any atom is -0.376 e. The van der Waals surface area contributed by atoms with E-state index in [1.54, 1.807) is 0 Å². The molecule has 10 rings (SSSR count). The van der Waals surface area contributed by atoms with Crippen molar-refractivity contribution in [3.8, 4) is 33.4 Å². The van der Waals surface area contributed by atoms with E-state index >= 15 is 0 Å². The van der Waals surface area contributed by atoms with Crippen LogP contribution in [0.5, 0.6) is 0 Å². The number of rotatable bonds is 3. The minimum atomic E-state index is -1.59. The second-order valence-electron chi connectivity index (χ2n) is 14.6. The van der Waals surface area contributed by atoms with Gasteiger partial charge in [0.2, 0.25) is 0 Å². The van der Waals surface area contributed by atoms with Gasteiger partial charge in [-0.15, -0.1) is 0 Å². The third-order valence-electron chi connectivity index (χ3n) is 11.8. The maximum absolute atomic E-state index is 13.7. The molecule has 3 heteroatoms. The topological polar surface area (TPSA) is 60.7 Å². The summed E-state index contributed by atoms with van der Waals surface area (Å²) in [6.45, 7) is 6.14. The van der Waals surface area contributed by atoms with Crippen LogP contribution in [0, 0.1) is 20.8 Å². The fourth-order valence-electron chi connectivity index (χ4n) is 9.38. The molecule has 0 amide bonds. The van der Waals surface area contributed by atoms with Crippen molar-refractivity contribution in [3.05, 3.63) is 212 Å². The van der Waals surface area contributed by atoms with Gasteiger partial charge in [-0.1, -0.05) is 162 Å². The van der Waals surface area contributed by atoms with Crippen LogP contribution >= 0.6 is 0 Å². The molecule has 0 bridgehead atoms. The van der Waals surface area contributed by atoms with Crippen LogP contribution in [0.25, 0.3) is 33.4 Å². The van der Waals surface area contributed by atoms with Crippen molar-refractivity contribution < 1.29 is 15.3 Å². The molecule has 0 radical (unpaired) electrons. The van der Waals surface area contributed by atoms with E-state index in [1.807, 2.05) is 148 Å². The smallest absolute Gasteiger partial charge is 0.142 e. The monoisotopic (exact) mass is 660 g/mol. The van der Waals surface area contributed by atoms with E-state index < -0.39 is 16.8 Å². The molecule has 3 aliphatic carbocycles. The van der Waals surface area contributed by atoms with Crippen LogP contribution in [0.2, 0.25) is 0 Å². The van der Waals surface area contributed by atoms with Gasteiger partial charge >= 0.3 is 0 Å². The summed E-state index contributed by atoms with van der Waals surface area (Å²) in [6, 6.07) is 48.5. The lowest BCUT2D eigenvalue weighted by Crippen LogP contribution is -2.31. The Kier molecular flexibility index (Phi) is 6.08. The molecule has 3 N–H and O–H groups in total. The summed E-state index contributed by atoms with van der Waals surface area (Å²) in [7, 11) is 0. The Morgan fingerprint density at radius 2 is 0.549 bits per heavy atom. The van der Waals surface area contributed by atoms with Crippen molar-refractivity contribution in [3.63, 3.8) is 0 Å². The molecule has 0 saturated heterocycles. The van der Waals surface area contributed by atoms with Crippen molar-refractivity contribution in [2.75, 3.05) is 0 Å². The number of hydrogen-bond acceptors (Lipinski definition) is 3. The Hall–Kier alpha value is -5.58. The molecule has 3 nitrogen and oxygen atoms in total. The number of hydrogen-bond donors (Lipinski definition) is 3. The average Bonchev–Trinajstić information content (AvgIpc) is 3.69. The first-order chi connectivity index (χ1) is 24.7. The van der Waals surface area contributed by atoms with Crippen LogP contribution in [0.3, 0.4) is 0 Å². The highest BCUT2D eigenvalue weighted by atomic mass is 16.3. The number of fused-ring (bicyclic) bond motifs is 12. The quantitative estimate of drug-likeness (QED) is 0.177. The van der Waals surface area contributed by atoms with Gasteiger partial charge in [-0.05, 0) is 70.8 Å². The molecular formula is C48H36O3. The lowest BCUT2D eigenvalue weighted by Gasteiger charge is -2.34. The van der Waals surface area contributed by atoms with Gasteiger partial charge in [0.15, 0.2) is 0 Å². The Bertz CT molecular complexity index is 2270. The summed E-state index contributed by atoms with van der Waals surface area (Å²) in [6.07, 6.45) is 0. The molecule has 0 unspecified atom stereocenters. The first kappa shape index (κ1) is 30.3. The van der Waals surface area contributed by atoms with Crippen molar-refractivity contribution in [1.29, 1.82) is 0 Å². The molecule has 3 aliphatic rings. The molecule has 3 atom stereocenters. The summed E-state index contributed by atoms with van der Waals surface area (Å²) in [5.41, 5.74) is 10.1. The molecule has 7 aromatic carbocycles. The average molecular weight is 661 g/mol. The molecular weight excluding hydrogens is 625 g/mol. The summed E-state index contributed by atoms with van der Waals surface area (Å²) in [4.78, 5) is 0. The third kappa shape index (κ3) is 3.68. The largest absolute Gasteiger partial charge is 0.376 e. The summed E-state index contributed by atoms with van der Waals surface area (Å²) >= 11 is 0. The maximum Gasteiger partial charge on any atom is 0.142 e. The number of aryl methyl sites for hydroxylation is 3. The Morgan fingerprint density at radius 1 is 0.314 bits per heavy atom. The molecule has 51 heavy (non-hydrogen) atoms. The molecule has 7 aromatic rings. The van der Waals surface area contributed by atoms with Crippen LogP contribution in [0.1, 0.15) is 66.8 Å². The maximum atomic E-state index is 13.7. The van der Waals surface area contributed by atoms with E-state index in [9.17, 15) is 15.3 Å². The van der Waals surface area contributed by atoms with Gasteiger partial charge in [-0.25, -0.2) is 0 Å². The van der Waals surface area contributed by atoms with Gasteiger partial charge in [-0.2, -0.15) is 0 Å². The normalized spacial score (nSPS) is 21.8. The molecule has 0 heterocycles. The van der Waals surface area contributed by atoms with Crippen LogP contribution in [-0.2, 0) is 16.8 Å². The zero-order chi connectivity index (χ0) is 34.9. The van der Waals surface area contributed by atoms with Gasteiger partial charge < -0.3 is 15.3 Å². The standard InChI is InChI=1S/C48H36O3/c1-28-16-22-31(23-17-28)46(49)37-13-7-4-10-34(37)40-43(46)41-35-11-5-8-14-38(35)47(50,32-24-18-29(2)19-25-32)45(41)42-36-12-6-9-15-39(36)48(51,44(40)42)33-26-20-30(3)21-27-33/h4-27,49-51H,1-3H3/t46-,47-,48-/m0/s1. The fourth-order valence-corrected chi connectivity index (χ4v) is 9.38. The number of benzene rings is 7. The molecule has 0 aromatic heterocycles. The Balaban J connectivity index is 1.48. The fraction of sp³-hybridized carbons (Fsp3) is 0.125. The van der Waals surface area contributed by atoms with Gasteiger partial charge in [0, 0.05) is 33.4 Å². The lowest BCUT2D eigenvalue weighted by atomic mass is 9.73. The van der Waals surface area contributed by atoms with Crippen LogP contribution in [0.4, 0.5) is 0 Å². The van der Waals surface area contributed by atoms with Gasteiger partial charge in [0.25, 0.3) is 0 Å². The van der Waals surface area contributed by atoms with E-state index in [2.05, 4.69) is 18.2 Å². The number of aliphatic hydroxyl groups is 3. The predicted octanol–water partition coefficient (Wildman–Crippen LogP) is 9.41. The van der Waals surface area contributed by atoms with E-state index in [-0.39, 0.29) is 0 Å². The van der Waals surface area contributed by atoms with Gasteiger partial charge in [0.1, 0.15) is 16.8 Å². The molecule has 246 valence electrons. The second kappa shape index (κ2) is 10.2. The summed E-state index contributed by atoms with van der Waals surface area (Å²) < 4.78 is 0. The van der Waals surface area contributed by atoms with E-state index in [0.29, 0.717) is 16.7 Å². The highest BCUT2D eigenvalue weighted by Gasteiger charge is 2.58. The molecule has 0 aliphatic heterocycles. The second-order valence-corrected chi connectivity index (χ2v) is 14.6. The Morgan fingerprint density at radius 3 is 0.804 bits per heavy atom. The van der Waals surface area contributed by atoms with Crippen LogP contribution < -0.4 is 0 Å². The third-order valence-corrected chi connectivity index (χ3v) is 11.8. The zero-order valence-corrected chi connectivity index (χ0v) is 28.7. The molecule has 0 spiro atoms. The van der Waals surface area contributed by atoms with Crippen molar-refractivity contribution in [2.24, 2.45) is 0 Å². The molecule has 0 saturated carbocycles. The lowest BCUT2D eigenvalue weighted by molar-refractivity contribution is 0.123. The highest BCUT2D eigenvalue weighted by Crippen LogP contribution is 2.68. The first-order valence-electron chi connectivity index (χ1n) is 17.6. The highest BCUT2D eigenvalue weighted by molar-refractivity contribution is 6.05. The summed E-state index contributed by atoms with van der Waals surface area (Å²) in [5, 5.41) is 41.1. The predicted molar refractivity (Wildman–Crippen MR) is 203 cm³/mol. The van der Waals surface area contributed by atoms with Crippen molar-refractivity contribution >= 4 is 0 Å². The van der Waals surface area contributed by atoms with Crippen molar-refractivity contribution in [1.82, 2.24) is 0 Å². The van der Waals surface area contributed by atoms with E-state index in [4.69, 9.17) is 0 Å². The van der Waals surface area contributed by atoms with Gasteiger partial charge in [0.05, 0.1) is 0 Å². The molecule has 0 fully saturated rings. The van der Waals surface area contributed by atoms with Crippen molar-refractivity contribution in [2.45, 2.75) is 37.6 Å². The SMILES string of the molecule is Cc1ccc([C@]2(O)c3ccccc3-c3c2c2c(c4c3[C@](O)(c3ccc(C)cc3)c3ccccc3-4)[C@](O)(c3ccc(C)cc3)c3ccccc3-2)cc1. The Labute approximate surface area is 297 Å². The zero-order valence-electron chi connectivity index (χ0n) is 28.7. The van der Waals surface area contributed by atoms with Crippen LogP contribution in [-0.4, -0.2) is 15.3 Å². The van der Waals surface area contributed by atoms with E-state index in [0.717, 1.165) is 83.5 Å².